The summed E-state index contributed by atoms with van der Waals surface area (Å²) in [6, 6.07) is 8.31. The van der Waals surface area contributed by atoms with Gasteiger partial charge >= 0.3 is 65.1 Å². The van der Waals surface area contributed by atoms with E-state index in [0.29, 0.717) is 36.2 Å². The van der Waals surface area contributed by atoms with Gasteiger partial charge in [-0.3, -0.25) is 4.79 Å². The van der Waals surface area contributed by atoms with Gasteiger partial charge in [0.05, 0.1) is 6.04 Å². The second-order valence-corrected chi connectivity index (χ2v) is 7.91. The Morgan fingerprint density at radius 1 is 1.08 bits per heavy atom. The van der Waals surface area contributed by atoms with E-state index >= 15 is 0 Å². The molecule has 0 saturated heterocycles. The van der Waals surface area contributed by atoms with Crippen molar-refractivity contribution in [2.75, 3.05) is 5.32 Å². The van der Waals surface area contributed by atoms with Crippen LogP contribution in [0.15, 0.2) is 53.3 Å². The first kappa shape index (κ1) is 30.0. The van der Waals surface area contributed by atoms with Gasteiger partial charge in [-0.2, -0.15) is 0 Å². The van der Waals surface area contributed by atoms with E-state index in [2.05, 4.69) is 10.6 Å². The second kappa shape index (κ2) is 12.8. The number of carboxylic acids is 1. The van der Waals surface area contributed by atoms with Crippen LogP contribution < -0.4 is 85.5 Å². The van der Waals surface area contributed by atoms with Crippen molar-refractivity contribution in [3.05, 3.63) is 81.8 Å². The van der Waals surface area contributed by atoms with Crippen molar-refractivity contribution in [3.63, 3.8) is 0 Å². The third kappa shape index (κ3) is 6.76. The Morgan fingerprint density at radius 3 is 2.53 bits per heavy atom. The van der Waals surface area contributed by atoms with Gasteiger partial charge in [0.2, 0.25) is 0 Å². The summed E-state index contributed by atoms with van der Waals surface area (Å²) in [4.78, 5) is 36.5. The van der Waals surface area contributed by atoms with E-state index in [9.17, 15) is 33.4 Å². The number of hydrogen-bond acceptors (Lipinski definition) is 5. The predicted molar refractivity (Wildman–Crippen MR) is 115 cm³/mol. The number of benzene rings is 2. The molecule has 2 amide bonds. The molecule has 0 spiro atoms. The number of rotatable bonds is 6. The number of pyridine rings is 1. The summed E-state index contributed by atoms with van der Waals surface area (Å²) in [5.41, 5.74) is 0.258. The van der Waals surface area contributed by atoms with Gasteiger partial charge in [0, 0.05) is 36.3 Å². The zero-order valence-electron chi connectivity index (χ0n) is 19.8. The summed E-state index contributed by atoms with van der Waals surface area (Å²) in [7, 11) is 0. The number of carbonyl (C=O) groups excluding carboxylic acids is 2. The Bertz CT molecular complexity index is 1350. The van der Waals surface area contributed by atoms with Crippen molar-refractivity contribution in [2.45, 2.75) is 31.8 Å². The molecular weight excluding hydrogens is 494 g/mol. The molecule has 0 unspecified atom stereocenters. The number of nitrogens with zero attached hydrogens (tertiary/aromatic N) is 1. The van der Waals surface area contributed by atoms with E-state index in [-0.39, 0.29) is 64.7 Å². The van der Waals surface area contributed by atoms with E-state index in [1.165, 1.54) is 34.9 Å². The molecule has 2 heterocycles. The summed E-state index contributed by atoms with van der Waals surface area (Å²) in [6.07, 6.45) is 0.675. The summed E-state index contributed by atoms with van der Waals surface area (Å²) in [6.45, 7) is 0.435. The monoisotopic (exact) mass is 513 g/mol. The van der Waals surface area contributed by atoms with E-state index < -0.39 is 53.1 Å². The summed E-state index contributed by atoms with van der Waals surface area (Å²) in [5, 5.41) is 28.3. The van der Waals surface area contributed by atoms with E-state index in [1.54, 1.807) is 6.07 Å². The molecule has 0 fully saturated rings. The number of aliphatic carboxylic acids is 1. The molecule has 4 rings (SSSR count). The molecule has 3 aromatic rings. The Labute approximate surface area is 249 Å². The number of fused-ring (bicyclic) bond motifs is 1. The molecule has 1 aliphatic heterocycles. The average molecular weight is 513 g/mol. The Morgan fingerprint density at radius 2 is 1.83 bits per heavy atom. The normalized spacial score (nSPS) is 12.5. The number of hydrogen-bond donors (Lipinski definition) is 2. The summed E-state index contributed by atoms with van der Waals surface area (Å²) < 4.78 is 28.9. The van der Waals surface area contributed by atoms with Crippen molar-refractivity contribution >= 4 is 17.7 Å². The maximum atomic E-state index is 14.2. The van der Waals surface area contributed by atoms with Crippen LogP contribution in [0, 0.1) is 11.6 Å². The van der Waals surface area contributed by atoms with Crippen LogP contribution in [0.1, 0.15) is 30.1 Å². The first-order valence-electron chi connectivity index (χ1n) is 10.5. The number of aromatic nitrogens is 1. The standard InChI is InChI=1S/C24H21F2N3O5.2Na/c25-15-6-7-17(18(26)10-15)13-3-1-4-14(9-13)19(12-21(31)32)27-24(34)28-22-20(30)11-16-5-2-8-29(16)23(22)33;;/h1,3-4,6-7,9-11,19,30H,2,5,8,12H2,(H,31,32)(H2,27,28,34);;/q;2*+1/p-2/t19-;;/m0../s1. The molecular formula is C24H19F2N3Na2O5. The van der Waals surface area contributed by atoms with Gasteiger partial charge in [-0.1, -0.05) is 23.9 Å². The SMILES string of the molecule is O=C([O-])C[C@H](NC(=O)Nc1c([O-])cc2n(c1=O)CCC2)c1cccc(-c2ccc(F)cc2F)c1.[Na+].[Na+]. The number of halogens is 2. The first-order chi connectivity index (χ1) is 16.2. The minimum atomic E-state index is -1.47. The zero-order chi connectivity index (χ0) is 24.4. The molecule has 2 N–H and O–H groups in total. The quantitative estimate of drug-likeness (QED) is 0.324. The second-order valence-electron chi connectivity index (χ2n) is 7.91. The van der Waals surface area contributed by atoms with Crippen molar-refractivity contribution in [2.24, 2.45) is 0 Å². The van der Waals surface area contributed by atoms with Crippen LogP contribution in [-0.2, 0) is 17.8 Å². The van der Waals surface area contributed by atoms with Gasteiger partial charge in [0.15, 0.2) is 0 Å². The fourth-order valence-electron chi connectivity index (χ4n) is 4.03. The van der Waals surface area contributed by atoms with Crippen molar-refractivity contribution in [1.82, 2.24) is 9.88 Å². The fraction of sp³-hybridized carbons (Fsp3) is 0.208. The van der Waals surface area contributed by atoms with Gasteiger partial charge in [-0.25, -0.2) is 13.6 Å². The maximum absolute atomic E-state index is 14.2. The number of urea groups is 1. The van der Waals surface area contributed by atoms with Crippen molar-refractivity contribution < 1.29 is 87.7 Å². The molecule has 1 atom stereocenters. The Balaban J connectivity index is 0.00000228. The predicted octanol–water partition coefficient (Wildman–Crippen LogP) is -4.18. The molecule has 1 aliphatic rings. The fourth-order valence-corrected chi connectivity index (χ4v) is 4.03. The van der Waals surface area contributed by atoms with E-state index in [1.807, 2.05) is 0 Å². The topological polar surface area (TPSA) is 126 Å². The van der Waals surface area contributed by atoms with Crippen LogP contribution in [0.2, 0.25) is 0 Å². The minimum Gasteiger partial charge on any atom is -0.871 e. The van der Waals surface area contributed by atoms with Crippen molar-refractivity contribution in [3.8, 4) is 16.9 Å². The number of anilines is 1. The Kier molecular flexibility index (Phi) is 10.7. The molecule has 176 valence electrons. The molecule has 8 nitrogen and oxygen atoms in total. The van der Waals surface area contributed by atoms with E-state index in [0.717, 1.165) is 12.1 Å². The first-order valence-corrected chi connectivity index (χ1v) is 10.5. The molecule has 0 saturated carbocycles. The van der Waals surface area contributed by atoms with Crippen LogP contribution in [-0.4, -0.2) is 16.6 Å². The minimum absolute atomic E-state index is 0. The molecule has 0 radical (unpaired) electrons. The third-order valence-corrected chi connectivity index (χ3v) is 5.61. The van der Waals surface area contributed by atoms with Crippen LogP contribution in [0.4, 0.5) is 19.3 Å². The number of nitrogens with one attached hydrogen (secondary N) is 2. The summed E-state index contributed by atoms with van der Waals surface area (Å²) in [5.74, 6) is -3.66. The van der Waals surface area contributed by atoms with Crippen molar-refractivity contribution in [1.29, 1.82) is 0 Å². The molecule has 2 aromatic carbocycles. The van der Waals surface area contributed by atoms with Gasteiger partial charge < -0.3 is 30.2 Å². The van der Waals surface area contributed by atoms with Crippen LogP contribution >= 0.6 is 0 Å². The number of carboxylic acid groups (broad SMARTS) is 1. The number of amides is 2. The van der Waals surface area contributed by atoms with Gasteiger partial charge in [0.25, 0.3) is 5.56 Å². The van der Waals surface area contributed by atoms with Crippen LogP contribution in [0.3, 0.4) is 0 Å². The summed E-state index contributed by atoms with van der Waals surface area (Å²) >= 11 is 0. The van der Waals surface area contributed by atoms with Crippen LogP contribution in [0.5, 0.6) is 5.75 Å². The zero-order valence-corrected chi connectivity index (χ0v) is 23.8. The van der Waals surface area contributed by atoms with Gasteiger partial charge in [-0.05, 0) is 48.2 Å². The van der Waals surface area contributed by atoms with E-state index in [4.69, 9.17) is 0 Å². The largest absolute Gasteiger partial charge is 1.00 e. The smallest absolute Gasteiger partial charge is 0.871 e. The molecule has 12 heteroatoms. The number of aryl methyl sites for hydroxylation is 1. The molecule has 0 aliphatic carbocycles. The number of carbonyl (C=O) groups is 2. The molecule has 0 bridgehead atoms. The Hall–Kier alpha value is -2.21. The van der Waals surface area contributed by atoms with Crippen LogP contribution in [0.25, 0.3) is 11.1 Å². The van der Waals surface area contributed by atoms with Gasteiger partial charge in [0.1, 0.15) is 17.3 Å². The average Bonchev–Trinajstić information content (AvgIpc) is 3.24. The van der Waals surface area contributed by atoms with Gasteiger partial charge in [-0.15, -0.1) is 0 Å². The third-order valence-electron chi connectivity index (χ3n) is 5.61. The molecule has 1 aromatic heterocycles. The molecule has 36 heavy (non-hydrogen) atoms. The maximum Gasteiger partial charge on any atom is 1.00 e.